The Balaban J connectivity index is 2.26. The van der Waals surface area contributed by atoms with E-state index in [4.69, 9.17) is 0 Å². The Morgan fingerprint density at radius 2 is 2.25 bits per heavy atom. The molecular formula is C13H14N4O3. The number of aromatic nitrogens is 2. The van der Waals surface area contributed by atoms with E-state index in [0.717, 1.165) is 17.9 Å². The van der Waals surface area contributed by atoms with Gasteiger partial charge < -0.3 is 9.88 Å². The summed E-state index contributed by atoms with van der Waals surface area (Å²) in [6.45, 7) is 3.15. The lowest BCUT2D eigenvalue weighted by Crippen LogP contribution is -2.12. The van der Waals surface area contributed by atoms with E-state index in [9.17, 15) is 14.9 Å². The molecule has 0 saturated carbocycles. The van der Waals surface area contributed by atoms with E-state index in [0.29, 0.717) is 6.54 Å². The molecule has 2 aromatic heterocycles. The van der Waals surface area contributed by atoms with Crippen LogP contribution in [0.3, 0.4) is 0 Å². The minimum absolute atomic E-state index is 0.361. The highest BCUT2D eigenvalue weighted by molar-refractivity contribution is 5.43. The van der Waals surface area contributed by atoms with Crippen LogP contribution in [0.25, 0.3) is 0 Å². The first-order valence-electron chi connectivity index (χ1n) is 6.13. The molecule has 0 atom stereocenters. The number of nitrogens with zero attached hydrogens (tertiary/aromatic N) is 3. The van der Waals surface area contributed by atoms with Gasteiger partial charge in [-0.3, -0.25) is 19.9 Å². The van der Waals surface area contributed by atoms with Gasteiger partial charge >= 0.3 is 5.69 Å². The Morgan fingerprint density at radius 1 is 1.45 bits per heavy atom. The number of anilines is 1. The Kier molecular flexibility index (Phi) is 4.09. The smallest absolute Gasteiger partial charge is 0.332 e. The van der Waals surface area contributed by atoms with Crippen molar-refractivity contribution in [3.8, 4) is 0 Å². The van der Waals surface area contributed by atoms with Gasteiger partial charge in [-0.2, -0.15) is 0 Å². The average Bonchev–Trinajstić information content (AvgIpc) is 2.41. The fraction of sp³-hybridized carbons (Fsp3) is 0.231. The van der Waals surface area contributed by atoms with Gasteiger partial charge in [-0.05, 0) is 19.1 Å². The van der Waals surface area contributed by atoms with Gasteiger partial charge in [-0.25, -0.2) is 0 Å². The molecule has 0 fully saturated rings. The van der Waals surface area contributed by atoms with Crippen LogP contribution in [-0.2, 0) is 6.54 Å². The third kappa shape index (κ3) is 3.19. The lowest BCUT2D eigenvalue weighted by molar-refractivity contribution is -0.386. The number of nitro groups is 1. The van der Waals surface area contributed by atoms with Crippen molar-refractivity contribution >= 4 is 11.4 Å². The van der Waals surface area contributed by atoms with Gasteiger partial charge in [-0.1, -0.05) is 0 Å². The summed E-state index contributed by atoms with van der Waals surface area (Å²) >= 11 is 0. The highest BCUT2D eigenvalue weighted by atomic mass is 16.6. The summed E-state index contributed by atoms with van der Waals surface area (Å²) < 4.78 is 1.57. The van der Waals surface area contributed by atoms with Crippen molar-refractivity contribution < 1.29 is 4.92 Å². The molecule has 0 aliphatic rings. The molecule has 0 aromatic carbocycles. The SMILES string of the molecule is CCNc1ccnc(Cn2ccc(=O)c([N+](=O)[O-])c2)c1. The Bertz CT molecular complexity index is 681. The van der Waals surface area contributed by atoms with Gasteiger partial charge in [0.2, 0.25) is 0 Å². The number of pyridine rings is 2. The van der Waals surface area contributed by atoms with Gasteiger partial charge in [-0.15, -0.1) is 0 Å². The summed E-state index contributed by atoms with van der Waals surface area (Å²) in [5, 5.41) is 13.9. The zero-order valence-electron chi connectivity index (χ0n) is 10.9. The van der Waals surface area contributed by atoms with Crippen molar-refractivity contribution in [3.63, 3.8) is 0 Å². The molecule has 20 heavy (non-hydrogen) atoms. The van der Waals surface area contributed by atoms with E-state index in [1.54, 1.807) is 10.8 Å². The van der Waals surface area contributed by atoms with Gasteiger partial charge in [0.25, 0.3) is 5.43 Å². The molecule has 0 bridgehead atoms. The Hall–Kier alpha value is -2.70. The first-order valence-corrected chi connectivity index (χ1v) is 6.13. The van der Waals surface area contributed by atoms with Crippen molar-refractivity contribution in [1.82, 2.24) is 9.55 Å². The summed E-state index contributed by atoms with van der Waals surface area (Å²) in [7, 11) is 0. The van der Waals surface area contributed by atoms with E-state index in [1.165, 1.54) is 18.5 Å². The molecule has 7 heteroatoms. The number of hydrogen-bond donors (Lipinski definition) is 1. The van der Waals surface area contributed by atoms with Crippen molar-refractivity contribution in [3.05, 3.63) is 62.8 Å². The zero-order chi connectivity index (χ0) is 14.5. The molecule has 0 spiro atoms. The molecular weight excluding hydrogens is 260 g/mol. The van der Waals surface area contributed by atoms with E-state index >= 15 is 0 Å². The Morgan fingerprint density at radius 3 is 2.95 bits per heavy atom. The van der Waals surface area contributed by atoms with Crippen molar-refractivity contribution in [2.75, 3.05) is 11.9 Å². The van der Waals surface area contributed by atoms with Crippen LogP contribution >= 0.6 is 0 Å². The molecule has 2 aromatic rings. The molecule has 0 radical (unpaired) electrons. The molecule has 0 saturated heterocycles. The maximum Gasteiger partial charge on any atom is 0.332 e. The second-order valence-corrected chi connectivity index (χ2v) is 4.19. The molecule has 1 N–H and O–H groups in total. The molecule has 2 rings (SSSR count). The lowest BCUT2D eigenvalue weighted by Gasteiger charge is -2.08. The first kappa shape index (κ1) is 13.7. The van der Waals surface area contributed by atoms with E-state index in [-0.39, 0.29) is 0 Å². The summed E-state index contributed by atoms with van der Waals surface area (Å²) in [5.41, 5.74) is 0.658. The minimum Gasteiger partial charge on any atom is -0.385 e. The molecule has 2 heterocycles. The Labute approximate surface area is 115 Å². The molecule has 0 aliphatic carbocycles. The van der Waals surface area contributed by atoms with E-state index < -0.39 is 16.0 Å². The highest BCUT2D eigenvalue weighted by Gasteiger charge is 2.11. The molecule has 104 valence electrons. The molecule has 0 amide bonds. The van der Waals surface area contributed by atoms with E-state index in [2.05, 4.69) is 10.3 Å². The lowest BCUT2D eigenvalue weighted by atomic mass is 10.3. The third-order valence-corrected chi connectivity index (χ3v) is 2.70. The van der Waals surface area contributed by atoms with Crippen LogP contribution in [0.4, 0.5) is 11.4 Å². The maximum atomic E-state index is 11.3. The van der Waals surface area contributed by atoms with Crippen LogP contribution in [0.1, 0.15) is 12.6 Å². The van der Waals surface area contributed by atoms with Crippen LogP contribution in [0.15, 0.2) is 41.6 Å². The van der Waals surface area contributed by atoms with E-state index in [1.807, 2.05) is 19.1 Å². The van der Waals surface area contributed by atoms with Crippen LogP contribution in [0, 0.1) is 10.1 Å². The summed E-state index contributed by atoms with van der Waals surface area (Å²) in [4.78, 5) is 25.6. The predicted octanol–water partition coefficient (Wildman–Crippen LogP) is 1.63. The standard InChI is InChI=1S/C13H14N4O3/c1-2-14-10-3-5-15-11(7-10)8-16-6-4-13(18)12(9-16)17(19)20/h3-7,9H,2,8H2,1H3,(H,14,15). The van der Waals surface area contributed by atoms with Crippen molar-refractivity contribution in [2.24, 2.45) is 0 Å². The highest BCUT2D eigenvalue weighted by Crippen LogP contribution is 2.10. The topological polar surface area (TPSA) is 90.1 Å². The minimum atomic E-state index is -0.679. The fourth-order valence-electron chi connectivity index (χ4n) is 1.81. The normalized spacial score (nSPS) is 10.2. The van der Waals surface area contributed by atoms with Gasteiger partial charge in [0.05, 0.1) is 23.4 Å². The van der Waals surface area contributed by atoms with Crippen molar-refractivity contribution in [1.29, 1.82) is 0 Å². The number of hydrogen-bond acceptors (Lipinski definition) is 5. The third-order valence-electron chi connectivity index (χ3n) is 2.70. The summed E-state index contributed by atoms with van der Waals surface area (Å²) in [5.74, 6) is 0. The van der Waals surface area contributed by atoms with Gasteiger partial charge in [0.1, 0.15) is 0 Å². The summed E-state index contributed by atoms with van der Waals surface area (Å²) in [6, 6.07) is 4.90. The largest absolute Gasteiger partial charge is 0.385 e. The quantitative estimate of drug-likeness (QED) is 0.661. The molecule has 0 aliphatic heterocycles. The average molecular weight is 274 g/mol. The summed E-state index contributed by atoms with van der Waals surface area (Å²) in [6.07, 6.45) is 4.41. The predicted molar refractivity (Wildman–Crippen MR) is 74.9 cm³/mol. The van der Waals surface area contributed by atoms with Gasteiger partial charge in [0.15, 0.2) is 0 Å². The van der Waals surface area contributed by atoms with Crippen LogP contribution in [0.5, 0.6) is 0 Å². The molecule has 7 nitrogen and oxygen atoms in total. The van der Waals surface area contributed by atoms with Crippen LogP contribution in [0.2, 0.25) is 0 Å². The molecule has 0 unspecified atom stereocenters. The zero-order valence-corrected chi connectivity index (χ0v) is 10.9. The fourth-order valence-corrected chi connectivity index (χ4v) is 1.81. The second-order valence-electron chi connectivity index (χ2n) is 4.19. The monoisotopic (exact) mass is 274 g/mol. The number of rotatable bonds is 5. The van der Waals surface area contributed by atoms with Crippen LogP contribution < -0.4 is 10.7 Å². The maximum absolute atomic E-state index is 11.3. The van der Waals surface area contributed by atoms with Gasteiger partial charge in [0, 0.05) is 30.7 Å². The second kappa shape index (κ2) is 5.96. The number of nitrogens with one attached hydrogen (secondary N) is 1. The first-order chi connectivity index (χ1) is 9.60. The van der Waals surface area contributed by atoms with Crippen LogP contribution in [-0.4, -0.2) is 21.0 Å². The van der Waals surface area contributed by atoms with Crippen molar-refractivity contribution in [2.45, 2.75) is 13.5 Å².